The number of nitrogens with zero attached hydrogens (tertiary/aromatic N) is 4. The van der Waals surface area contributed by atoms with E-state index in [1.165, 1.54) is 10.8 Å². The first-order valence-electron chi connectivity index (χ1n) is 16.5. The molecule has 230 valence electrons. The van der Waals surface area contributed by atoms with E-state index in [4.69, 9.17) is 0 Å². The third-order valence-corrected chi connectivity index (χ3v) is 10.4. The minimum atomic E-state index is -0.676. The first-order chi connectivity index (χ1) is 24.1. The molecule has 0 N–H and O–H groups in total. The number of rotatable bonds is 4. The molecule has 6 aromatic carbocycles. The number of hydrogen-bond donors (Lipinski definition) is 0. The number of hydrogen-bond acceptors (Lipinski definition) is 2. The SMILES string of the molecule is CC1(c2ccc(-n3c4ccccc4c4ccccc43)cc2)C(c2ccc(C#N)cc2-n2c3ccccc3c3ccccc32)=CC=CC1C#N. The maximum Gasteiger partial charge on any atom is 0.0992 e. The van der Waals surface area contributed by atoms with Crippen molar-refractivity contribution in [2.45, 2.75) is 12.3 Å². The molecule has 9 rings (SSSR count). The summed E-state index contributed by atoms with van der Waals surface area (Å²) in [5, 5.41) is 25.4. The predicted molar refractivity (Wildman–Crippen MR) is 200 cm³/mol. The molecular weight excluding hydrogens is 597 g/mol. The summed E-state index contributed by atoms with van der Waals surface area (Å²) in [6.07, 6.45) is 6.16. The molecule has 0 saturated carbocycles. The topological polar surface area (TPSA) is 57.4 Å². The van der Waals surface area contributed by atoms with Gasteiger partial charge >= 0.3 is 0 Å². The molecule has 1 aliphatic rings. The Balaban J connectivity index is 1.25. The summed E-state index contributed by atoms with van der Waals surface area (Å²) < 4.78 is 4.59. The van der Waals surface area contributed by atoms with E-state index in [9.17, 15) is 10.5 Å². The van der Waals surface area contributed by atoms with E-state index < -0.39 is 11.3 Å². The van der Waals surface area contributed by atoms with Gasteiger partial charge in [-0.25, -0.2) is 0 Å². The molecule has 0 fully saturated rings. The highest BCUT2D eigenvalue weighted by atomic mass is 15.0. The maximum absolute atomic E-state index is 10.6. The van der Waals surface area contributed by atoms with Gasteiger partial charge < -0.3 is 9.13 Å². The maximum atomic E-state index is 10.6. The van der Waals surface area contributed by atoms with Crippen molar-refractivity contribution in [2.24, 2.45) is 5.92 Å². The zero-order valence-electron chi connectivity index (χ0n) is 26.9. The Morgan fingerprint density at radius 2 is 1.10 bits per heavy atom. The fraction of sp³-hybridized carbons (Fsp3) is 0.0667. The van der Waals surface area contributed by atoms with Gasteiger partial charge in [0.25, 0.3) is 0 Å². The van der Waals surface area contributed by atoms with Crippen molar-refractivity contribution in [3.63, 3.8) is 0 Å². The number of allylic oxidation sites excluding steroid dienone is 4. The lowest BCUT2D eigenvalue weighted by atomic mass is 9.63. The average Bonchev–Trinajstić information content (AvgIpc) is 3.68. The molecule has 8 aromatic rings. The van der Waals surface area contributed by atoms with Crippen LogP contribution in [0.15, 0.2) is 158 Å². The van der Waals surface area contributed by atoms with E-state index in [1.807, 2.05) is 24.3 Å². The summed E-state index contributed by atoms with van der Waals surface area (Å²) in [5.41, 5.74) is 9.43. The first-order valence-corrected chi connectivity index (χ1v) is 16.5. The molecule has 0 radical (unpaired) electrons. The fourth-order valence-electron chi connectivity index (χ4n) is 8.03. The van der Waals surface area contributed by atoms with Crippen LogP contribution in [0.2, 0.25) is 0 Å². The van der Waals surface area contributed by atoms with Crippen LogP contribution >= 0.6 is 0 Å². The van der Waals surface area contributed by atoms with Gasteiger partial charge in [-0.3, -0.25) is 0 Å². The molecule has 1 aliphatic carbocycles. The van der Waals surface area contributed by atoms with Crippen LogP contribution in [0, 0.1) is 28.6 Å². The number of para-hydroxylation sites is 4. The Kier molecular flexibility index (Phi) is 6.41. The second-order valence-electron chi connectivity index (χ2n) is 12.9. The van der Waals surface area contributed by atoms with Gasteiger partial charge in [0.15, 0.2) is 0 Å². The Bertz CT molecular complexity index is 2650. The van der Waals surface area contributed by atoms with Gasteiger partial charge in [0, 0.05) is 38.2 Å². The normalized spacial score (nSPS) is 17.4. The van der Waals surface area contributed by atoms with Crippen LogP contribution in [0.1, 0.15) is 23.6 Å². The second-order valence-corrected chi connectivity index (χ2v) is 12.9. The van der Waals surface area contributed by atoms with Crippen LogP contribution in [0.5, 0.6) is 0 Å². The van der Waals surface area contributed by atoms with E-state index in [0.29, 0.717) is 5.56 Å². The molecule has 4 heteroatoms. The molecule has 4 nitrogen and oxygen atoms in total. The van der Waals surface area contributed by atoms with Crippen molar-refractivity contribution in [1.29, 1.82) is 10.5 Å². The van der Waals surface area contributed by atoms with Gasteiger partial charge in [0.1, 0.15) is 0 Å². The van der Waals surface area contributed by atoms with Crippen molar-refractivity contribution < 1.29 is 0 Å². The first kappa shape index (κ1) is 28.6. The molecule has 0 spiro atoms. The predicted octanol–water partition coefficient (Wildman–Crippen LogP) is 10.8. The Hall–Kier alpha value is -6.62. The van der Waals surface area contributed by atoms with Crippen LogP contribution in [0.4, 0.5) is 0 Å². The quantitative estimate of drug-likeness (QED) is 0.195. The minimum Gasteiger partial charge on any atom is -0.309 e. The average molecular weight is 627 g/mol. The zero-order chi connectivity index (χ0) is 33.1. The lowest BCUT2D eigenvalue weighted by Gasteiger charge is -2.39. The van der Waals surface area contributed by atoms with E-state index >= 15 is 0 Å². The number of aromatic nitrogens is 2. The summed E-state index contributed by atoms with van der Waals surface area (Å²) in [7, 11) is 0. The van der Waals surface area contributed by atoms with E-state index in [-0.39, 0.29) is 0 Å². The van der Waals surface area contributed by atoms with Crippen LogP contribution in [-0.2, 0) is 5.41 Å². The summed E-state index contributed by atoms with van der Waals surface area (Å²) >= 11 is 0. The Morgan fingerprint density at radius 1 is 0.592 bits per heavy atom. The van der Waals surface area contributed by atoms with Gasteiger partial charge in [-0.2, -0.15) is 10.5 Å². The van der Waals surface area contributed by atoms with E-state index in [1.54, 1.807) is 0 Å². The van der Waals surface area contributed by atoms with Crippen molar-refractivity contribution in [1.82, 2.24) is 9.13 Å². The highest BCUT2D eigenvalue weighted by Gasteiger charge is 2.41. The minimum absolute atomic E-state index is 0.409. The summed E-state index contributed by atoms with van der Waals surface area (Å²) in [4.78, 5) is 0. The van der Waals surface area contributed by atoms with Gasteiger partial charge in [-0.1, -0.05) is 109 Å². The lowest BCUT2D eigenvalue weighted by Crippen LogP contribution is -2.33. The second kappa shape index (κ2) is 11.0. The molecular formula is C45H30N4. The highest BCUT2D eigenvalue weighted by molar-refractivity contribution is 6.10. The molecule has 2 atom stereocenters. The van der Waals surface area contributed by atoms with E-state index in [0.717, 1.165) is 60.9 Å². The van der Waals surface area contributed by atoms with Crippen molar-refractivity contribution in [2.75, 3.05) is 0 Å². The van der Waals surface area contributed by atoms with Crippen molar-refractivity contribution >= 4 is 49.2 Å². The fourth-order valence-corrected chi connectivity index (χ4v) is 8.03. The van der Waals surface area contributed by atoms with Crippen LogP contribution in [0.3, 0.4) is 0 Å². The molecule has 0 saturated heterocycles. The monoisotopic (exact) mass is 626 g/mol. The highest BCUT2D eigenvalue weighted by Crippen LogP contribution is 2.49. The summed E-state index contributed by atoms with van der Waals surface area (Å²) in [6.45, 7) is 2.18. The number of benzene rings is 6. The number of nitriles is 2. The zero-order valence-corrected chi connectivity index (χ0v) is 26.9. The molecule has 2 heterocycles. The van der Waals surface area contributed by atoms with Crippen molar-refractivity contribution in [3.8, 4) is 23.5 Å². The van der Waals surface area contributed by atoms with E-state index in [2.05, 4.69) is 162 Å². The van der Waals surface area contributed by atoms with Gasteiger partial charge in [0.05, 0.1) is 51.4 Å². The van der Waals surface area contributed by atoms with Gasteiger partial charge in [-0.15, -0.1) is 0 Å². The number of fused-ring (bicyclic) bond motifs is 6. The molecule has 2 aromatic heterocycles. The largest absolute Gasteiger partial charge is 0.309 e. The van der Waals surface area contributed by atoms with Gasteiger partial charge in [-0.05, 0) is 66.6 Å². The molecule has 0 bridgehead atoms. The Labute approximate surface area is 284 Å². The van der Waals surface area contributed by atoms with Gasteiger partial charge in [0.2, 0.25) is 0 Å². The smallest absolute Gasteiger partial charge is 0.0992 e. The van der Waals surface area contributed by atoms with Crippen LogP contribution in [0.25, 0.3) is 60.6 Å². The summed E-state index contributed by atoms with van der Waals surface area (Å²) in [6, 6.07) is 53.5. The molecule has 0 amide bonds. The standard InChI is InChI=1S/C45H30N4/c1-45(31-22-24-33(25-23-31)48-40-17-6-2-12-34(40)35-13-3-7-18-41(35)48)32(29-47)11-10-16-39(45)38-26-21-30(28-46)27-44(38)49-42-19-8-4-14-36(42)37-15-5-9-20-43(37)49/h2-27,32H,1H3. The molecule has 49 heavy (non-hydrogen) atoms. The third kappa shape index (κ3) is 4.15. The van der Waals surface area contributed by atoms with Crippen LogP contribution in [-0.4, -0.2) is 9.13 Å². The Morgan fingerprint density at radius 3 is 1.61 bits per heavy atom. The van der Waals surface area contributed by atoms with Crippen LogP contribution < -0.4 is 0 Å². The molecule has 2 unspecified atom stereocenters. The summed E-state index contributed by atoms with van der Waals surface area (Å²) in [5.74, 6) is -0.409. The molecule has 0 aliphatic heterocycles. The lowest BCUT2D eigenvalue weighted by molar-refractivity contribution is 0.525. The third-order valence-electron chi connectivity index (χ3n) is 10.4. The van der Waals surface area contributed by atoms with Crippen molar-refractivity contribution in [3.05, 3.63) is 174 Å².